The number of carbonyl (C=O) groups is 3. The van der Waals surface area contributed by atoms with Crippen molar-refractivity contribution in [3.05, 3.63) is 12.2 Å². The average Bonchev–Trinajstić information content (AvgIpc) is 2.59. The summed E-state index contributed by atoms with van der Waals surface area (Å²) < 4.78 is 0. The molecule has 0 aromatic heterocycles. The van der Waals surface area contributed by atoms with E-state index in [4.69, 9.17) is 10.8 Å². The van der Waals surface area contributed by atoms with E-state index in [1.54, 1.807) is 0 Å². The van der Waals surface area contributed by atoms with Crippen molar-refractivity contribution in [3.63, 3.8) is 0 Å². The Bertz CT molecular complexity index is 283. The van der Waals surface area contributed by atoms with Crippen molar-refractivity contribution in [1.29, 1.82) is 0 Å². The summed E-state index contributed by atoms with van der Waals surface area (Å²) in [5, 5.41) is 10.3. The molecule has 0 fully saturated rings. The van der Waals surface area contributed by atoms with Crippen LogP contribution in [0.2, 0.25) is 0 Å². The van der Waals surface area contributed by atoms with Gasteiger partial charge >= 0.3 is 5.97 Å². The Morgan fingerprint density at radius 2 is 1.94 bits per heavy atom. The molecule has 6 heteroatoms. The summed E-state index contributed by atoms with van der Waals surface area (Å²) in [5.41, 5.74) is 5.20. The zero-order valence-electron chi connectivity index (χ0n) is 9.10. The molecule has 1 heterocycles. The van der Waals surface area contributed by atoms with Crippen LogP contribution in [0.25, 0.3) is 0 Å². The van der Waals surface area contributed by atoms with Crippen LogP contribution < -0.4 is 11.1 Å². The molecule has 0 saturated carbocycles. The van der Waals surface area contributed by atoms with E-state index in [0.29, 0.717) is 6.42 Å². The molecule has 1 atom stereocenters. The number of unbranched alkanes of at least 4 members (excludes halogenated alkanes) is 1. The van der Waals surface area contributed by atoms with Gasteiger partial charge in [0.25, 0.3) is 11.8 Å². The lowest BCUT2D eigenvalue weighted by Crippen LogP contribution is -2.29. The Morgan fingerprint density at radius 3 is 2.19 bits per heavy atom. The maximum absolute atomic E-state index is 10.1. The number of hydrogen-bond donors (Lipinski definition) is 3. The number of nitrogens with two attached hydrogens (primary N) is 1. The molecule has 0 aromatic rings. The van der Waals surface area contributed by atoms with Crippen LogP contribution in [0.5, 0.6) is 0 Å². The molecule has 0 saturated heterocycles. The van der Waals surface area contributed by atoms with E-state index < -0.39 is 12.0 Å². The molecule has 4 N–H and O–H groups in total. The second-order valence-electron chi connectivity index (χ2n) is 3.27. The van der Waals surface area contributed by atoms with Crippen molar-refractivity contribution in [2.24, 2.45) is 5.73 Å². The van der Waals surface area contributed by atoms with E-state index in [2.05, 4.69) is 0 Å². The van der Waals surface area contributed by atoms with Crippen molar-refractivity contribution in [2.45, 2.75) is 32.2 Å². The molecule has 16 heavy (non-hydrogen) atoms. The van der Waals surface area contributed by atoms with Crippen LogP contribution >= 0.6 is 0 Å². The Kier molecular flexibility index (Phi) is 6.78. The highest BCUT2D eigenvalue weighted by molar-refractivity contribution is 6.12. The van der Waals surface area contributed by atoms with Crippen LogP contribution in [0.15, 0.2) is 12.2 Å². The molecule has 90 valence electrons. The van der Waals surface area contributed by atoms with E-state index >= 15 is 0 Å². The molecule has 0 spiro atoms. The van der Waals surface area contributed by atoms with Gasteiger partial charge in [0.2, 0.25) is 0 Å². The maximum atomic E-state index is 10.1. The number of rotatable bonds is 4. The fourth-order valence-corrected chi connectivity index (χ4v) is 0.904. The van der Waals surface area contributed by atoms with Gasteiger partial charge in [-0.3, -0.25) is 19.7 Å². The third kappa shape index (κ3) is 6.72. The van der Waals surface area contributed by atoms with Gasteiger partial charge in [0.1, 0.15) is 6.04 Å². The number of aliphatic carboxylic acids is 1. The van der Waals surface area contributed by atoms with Crippen molar-refractivity contribution in [1.82, 2.24) is 5.32 Å². The van der Waals surface area contributed by atoms with Gasteiger partial charge in [0, 0.05) is 12.2 Å². The fraction of sp³-hybridized carbons (Fsp3) is 0.500. The van der Waals surface area contributed by atoms with Crippen LogP contribution in [0.3, 0.4) is 0 Å². The van der Waals surface area contributed by atoms with Crippen LogP contribution in [0.1, 0.15) is 26.2 Å². The first-order valence-electron chi connectivity index (χ1n) is 4.98. The van der Waals surface area contributed by atoms with Crippen LogP contribution in [0, 0.1) is 0 Å². The summed E-state index contributed by atoms with van der Waals surface area (Å²) in [6.07, 6.45) is 4.88. The molecular weight excluding hydrogens is 212 g/mol. The molecule has 1 aliphatic rings. The zero-order valence-corrected chi connectivity index (χ0v) is 9.10. The van der Waals surface area contributed by atoms with Gasteiger partial charge in [-0.25, -0.2) is 0 Å². The van der Waals surface area contributed by atoms with Gasteiger partial charge < -0.3 is 10.8 Å². The van der Waals surface area contributed by atoms with Crippen molar-refractivity contribution in [3.8, 4) is 0 Å². The molecule has 1 rings (SSSR count). The minimum atomic E-state index is -0.900. The van der Waals surface area contributed by atoms with Gasteiger partial charge in [-0.1, -0.05) is 19.8 Å². The summed E-state index contributed by atoms with van der Waals surface area (Å²) in [6, 6.07) is -0.662. The van der Waals surface area contributed by atoms with Crippen LogP contribution in [-0.2, 0) is 14.4 Å². The lowest BCUT2D eigenvalue weighted by atomic mass is 10.1. The van der Waals surface area contributed by atoms with Crippen molar-refractivity contribution in [2.75, 3.05) is 0 Å². The molecule has 2 amide bonds. The van der Waals surface area contributed by atoms with Gasteiger partial charge in [-0.15, -0.1) is 0 Å². The number of carbonyl (C=O) groups excluding carboxylic acids is 2. The van der Waals surface area contributed by atoms with E-state index in [0.717, 1.165) is 12.8 Å². The zero-order chi connectivity index (χ0) is 12.6. The smallest absolute Gasteiger partial charge is 0.320 e. The first-order valence-corrected chi connectivity index (χ1v) is 4.98. The summed E-state index contributed by atoms with van der Waals surface area (Å²) in [7, 11) is 0. The monoisotopic (exact) mass is 228 g/mol. The van der Waals surface area contributed by atoms with E-state index in [1.165, 1.54) is 12.2 Å². The predicted octanol–water partition coefficient (Wildman–Crippen LogP) is -0.212. The summed E-state index contributed by atoms with van der Waals surface area (Å²) >= 11 is 0. The summed E-state index contributed by atoms with van der Waals surface area (Å²) in [6.45, 7) is 2.01. The number of carboxylic acids is 1. The quantitative estimate of drug-likeness (QED) is 0.576. The largest absolute Gasteiger partial charge is 0.480 e. The number of nitrogens with one attached hydrogen (secondary N) is 1. The fourth-order valence-electron chi connectivity index (χ4n) is 0.904. The van der Waals surface area contributed by atoms with E-state index in [9.17, 15) is 14.4 Å². The van der Waals surface area contributed by atoms with Gasteiger partial charge in [0.15, 0.2) is 0 Å². The lowest BCUT2D eigenvalue weighted by Gasteiger charge is -2.02. The number of imide groups is 1. The first kappa shape index (κ1) is 14.3. The maximum Gasteiger partial charge on any atom is 0.320 e. The molecule has 1 aliphatic heterocycles. The van der Waals surface area contributed by atoms with Gasteiger partial charge in [0.05, 0.1) is 0 Å². The van der Waals surface area contributed by atoms with Crippen LogP contribution in [0.4, 0.5) is 0 Å². The predicted molar refractivity (Wildman–Crippen MR) is 57.4 cm³/mol. The normalized spacial score (nSPS) is 15.1. The second-order valence-corrected chi connectivity index (χ2v) is 3.27. The Labute approximate surface area is 93.5 Å². The number of hydrogen-bond acceptors (Lipinski definition) is 4. The third-order valence-electron chi connectivity index (χ3n) is 1.82. The molecule has 0 aromatic carbocycles. The van der Waals surface area contributed by atoms with Crippen molar-refractivity contribution >= 4 is 17.8 Å². The number of amides is 2. The Morgan fingerprint density at radius 1 is 1.44 bits per heavy atom. The van der Waals surface area contributed by atoms with Gasteiger partial charge in [-0.2, -0.15) is 0 Å². The summed E-state index contributed by atoms with van der Waals surface area (Å²) in [4.78, 5) is 30.1. The molecule has 0 aliphatic carbocycles. The lowest BCUT2D eigenvalue weighted by molar-refractivity contribution is -0.138. The first-order chi connectivity index (χ1) is 7.47. The molecule has 6 nitrogen and oxygen atoms in total. The third-order valence-corrected chi connectivity index (χ3v) is 1.82. The van der Waals surface area contributed by atoms with E-state index in [1.807, 2.05) is 12.2 Å². The topological polar surface area (TPSA) is 109 Å². The second kappa shape index (κ2) is 7.58. The van der Waals surface area contributed by atoms with Gasteiger partial charge in [-0.05, 0) is 6.42 Å². The highest BCUT2D eigenvalue weighted by Gasteiger charge is 2.08. The number of carboxylic acid groups (broad SMARTS) is 1. The van der Waals surface area contributed by atoms with Crippen LogP contribution in [-0.4, -0.2) is 28.9 Å². The molecule has 0 radical (unpaired) electrons. The Hall–Kier alpha value is -1.69. The highest BCUT2D eigenvalue weighted by Crippen LogP contribution is 1.96. The SMILES string of the molecule is CCCCC(N)C(=O)O.O=C1C=CC(=O)N1. The minimum absolute atomic E-state index is 0.329. The van der Waals surface area contributed by atoms with E-state index in [-0.39, 0.29) is 11.8 Å². The summed E-state index contributed by atoms with van der Waals surface area (Å²) in [5.74, 6) is -1.56. The Balaban J connectivity index is 0.000000288. The highest BCUT2D eigenvalue weighted by atomic mass is 16.4. The minimum Gasteiger partial charge on any atom is -0.480 e. The standard InChI is InChI=1S/C6H13NO2.C4H3NO2/c1-2-3-4-5(7)6(8)9;6-3-1-2-4(7)5-3/h5H,2-4,7H2,1H3,(H,8,9);1-2H,(H,5,6,7). The molecule has 0 bridgehead atoms. The molecule has 1 unspecified atom stereocenters. The molecular formula is C10H16N2O4. The average molecular weight is 228 g/mol. The van der Waals surface area contributed by atoms with Crippen molar-refractivity contribution < 1.29 is 19.5 Å².